The molecule has 0 unspecified atom stereocenters. The van der Waals surface area contributed by atoms with Crippen LogP contribution in [0.5, 0.6) is 0 Å². The largest absolute Gasteiger partial charge is 0.341 e. The van der Waals surface area contributed by atoms with Gasteiger partial charge in [0.05, 0.1) is 6.42 Å². The third-order valence-electron chi connectivity index (χ3n) is 3.77. The van der Waals surface area contributed by atoms with Gasteiger partial charge in [0.1, 0.15) is 5.69 Å². The van der Waals surface area contributed by atoms with Gasteiger partial charge < -0.3 is 9.80 Å². The fraction of sp³-hybridized carbons (Fsp3) is 0.400. The average molecular weight is 318 g/mol. The lowest BCUT2D eigenvalue weighted by Gasteiger charge is -2.21. The Hall–Kier alpha value is -2.15. The number of aromatic nitrogens is 2. The highest BCUT2D eigenvalue weighted by Crippen LogP contribution is 2.13. The van der Waals surface area contributed by atoms with Crippen LogP contribution in [0.4, 0.5) is 0 Å². The van der Waals surface area contributed by atoms with Gasteiger partial charge >= 0.3 is 0 Å². The van der Waals surface area contributed by atoms with Crippen LogP contribution in [0.2, 0.25) is 0 Å². The Kier molecular flexibility index (Phi) is 4.53. The van der Waals surface area contributed by atoms with E-state index in [9.17, 15) is 9.59 Å². The molecule has 0 aliphatic carbocycles. The van der Waals surface area contributed by atoms with Crippen LogP contribution in [0.1, 0.15) is 21.8 Å². The SMILES string of the molecule is O=C(Cc1cccs1)N1CCCN(C(=O)c2ccn[nH]2)CC1. The Morgan fingerprint density at radius 3 is 2.73 bits per heavy atom. The second kappa shape index (κ2) is 6.74. The maximum absolute atomic E-state index is 12.3. The first-order chi connectivity index (χ1) is 10.7. The molecule has 1 saturated heterocycles. The third kappa shape index (κ3) is 3.36. The van der Waals surface area contributed by atoms with Crippen molar-refractivity contribution in [3.05, 3.63) is 40.3 Å². The molecule has 0 radical (unpaired) electrons. The van der Waals surface area contributed by atoms with E-state index in [1.807, 2.05) is 22.4 Å². The summed E-state index contributed by atoms with van der Waals surface area (Å²) in [4.78, 5) is 29.4. The number of nitrogens with zero attached hydrogens (tertiary/aromatic N) is 3. The smallest absolute Gasteiger partial charge is 0.271 e. The molecule has 22 heavy (non-hydrogen) atoms. The molecule has 7 heteroatoms. The molecule has 1 N–H and O–H groups in total. The first-order valence-electron chi connectivity index (χ1n) is 7.33. The Labute approximate surface area is 132 Å². The highest BCUT2D eigenvalue weighted by molar-refractivity contribution is 7.10. The third-order valence-corrected chi connectivity index (χ3v) is 4.65. The second-order valence-electron chi connectivity index (χ2n) is 5.25. The number of carbonyl (C=O) groups is 2. The van der Waals surface area contributed by atoms with Gasteiger partial charge in [-0.25, -0.2) is 0 Å². The van der Waals surface area contributed by atoms with Crippen LogP contribution in [-0.2, 0) is 11.2 Å². The van der Waals surface area contributed by atoms with Gasteiger partial charge in [-0.05, 0) is 23.9 Å². The molecule has 2 aromatic heterocycles. The molecular weight excluding hydrogens is 300 g/mol. The van der Waals surface area contributed by atoms with Crippen molar-refractivity contribution in [3.8, 4) is 0 Å². The minimum absolute atomic E-state index is 0.0509. The molecule has 1 fully saturated rings. The summed E-state index contributed by atoms with van der Waals surface area (Å²) < 4.78 is 0. The molecule has 0 spiro atoms. The summed E-state index contributed by atoms with van der Waals surface area (Å²) >= 11 is 1.60. The zero-order chi connectivity index (χ0) is 15.4. The van der Waals surface area contributed by atoms with Gasteiger partial charge in [-0.2, -0.15) is 5.10 Å². The van der Waals surface area contributed by atoms with Crippen molar-refractivity contribution in [1.82, 2.24) is 20.0 Å². The molecule has 1 aliphatic heterocycles. The Morgan fingerprint density at radius 2 is 2.00 bits per heavy atom. The molecule has 3 heterocycles. The predicted octanol–water partition coefficient (Wildman–Crippen LogP) is 1.39. The van der Waals surface area contributed by atoms with Gasteiger partial charge in [0.25, 0.3) is 5.91 Å². The monoisotopic (exact) mass is 318 g/mol. The maximum atomic E-state index is 12.3. The van der Waals surface area contributed by atoms with Crippen molar-refractivity contribution in [2.75, 3.05) is 26.2 Å². The summed E-state index contributed by atoms with van der Waals surface area (Å²) in [5.74, 6) is 0.0864. The Balaban J connectivity index is 1.57. The van der Waals surface area contributed by atoms with E-state index in [2.05, 4.69) is 10.2 Å². The average Bonchev–Trinajstić information content (AvgIpc) is 3.16. The molecule has 6 nitrogen and oxygen atoms in total. The molecule has 0 bridgehead atoms. The maximum Gasteiger partial charge on any atom is 0.271 e. The van der Waals surface area contributed by atoms with E-state index in [0.717, 1.165) is 11.3 Å². The number of amides is 2. The van der Waals surface area contributed by atoms with E-state index in [-0.39, 0.29) is 11.8 Å². The minimum atomic E-state index is -0.0509. The van der Waals surface area contributed by atoms with Crippen molar-refractivity contribution >= 4 is 23.2 Å². The summed E-state index contributed by atoms with van der Waals surface area (Å²) in [6.07, 6.45) is 2.82. The van der Waals surface area contributed by atoms with E-state index in [0.29, 0.717) is 38.3 Å². The van der Waals surface area contributed by atoms with Crippen molar-refractivity contribution in [3.63, 3.8) is 0 Å². The van der Waals surface area contributed by atoms with Crippen LogP contribution in [0, 0.1) is 0 Å². The topological polar surface area (TPSA) is 69.3 Å². The zero-order valence-electron chi connectivity index (χ0n) is 12.2. The number of thiophene rings is 1. The van der Waals surface area contributed by atoms with E-state index >= 15 is 0 Å². The minimum Gasteiger partial charge on any atom is -0.341 e. The van der Waals surface area contributed by atoms with Crippen molar-refractivity contribution in [2.45, 2.75) is 12.8 Å². The number of hydrogen-bond acceptors (Lipinski definition) is 4. The van der Waals surface area contributed by atoms with Crippen LogP contribution in [0.25, 0.3) is 0 Å². The van der Waals surface area contributed by atoms with Crippen LogP contribution in [0.15, 0.2) is 29.8 Å². The lowest BCUT2D eigenvalue weighted by Crippen LogP contribution is -2.38. The molecular formula is C15H18N4O2S. The van der Waals surface area contributed by atoms with E-state index in [1.54, 1.807) is 28.5 Å². The standard InChI is InChI=1S/C15H18N4O2S/c20-14(11-12-3-1-10-22-12)18-6-2-7-19(9-8-18)15(21)13-4-5-16-17-13/h1,3-5,10H,2,6-9,11H2,(H,16,17). The fourth-order valence-corrected chi connectivity index (χ4v) is 3.29. The fourth-order valence-electron chi connectivity index (χ4n) is 2.59. The van der Waals surface area contributed by atoms with Gasteiger partial charge in [0, 0.05) is 37.3 Å². The zero-order valence-corrected chi connectivity index (χ0v) is 13.0. The lowest BCUT2D eigenvalue weighted by molar-refractivity contribution is -0.130. The van der Waals surface area contributed by atoms with Crippen LogP contribution < -0.4 is 0 Å². The summed E-state index contributed by atoms with van der Waals surface area (Å²) in [5.41, 5.74) is 0.498. The number of nitrogens with one attached hydrogen (secondary N) is 1. The number of aromatic amines is 1. The van der Waals surface area contributed by atoms with Crippen LogP contribution in [-0.4, -0.2) is 58.0 Å². The number of carbonyl (C=O) groups excluding carboxylic acids is 2. The Morgan fingerprint density at radius 1 is 1.18 bits per heavy atom. The lowest BCUT2D eigenvalue weighted by atomic mass is 10.3. The molecule has 0 saturated carbocycles. The number of H-pyrrole nitrogens is 1. The molecule has 2 aromatic rings. The van der Waals surface area contributed by atoms with E-state index in [4.69, 9.17) is 0 Å². The number of rotatable bonds is 3. The van der Waals surface area contributed by atoms with Crippen molar-refractivity contribution in [1.29, 1.82) is 0 Å². The highest BCUT2D eigenvalue weighted by Gasteiger charge is 2.23. The van der Waals surface area contributed by atoms with Crippen LogP contribution in [0.3, 0.4) is 0 Å². The predicted molar refractivity (Wildman–Crippen MR) is 83.7 cm³/mol. The molecule has 3 rings (SSSR count). The summed E-state index contributed by atoms with van der Waals surface area (Å²) in [5, 5.41) is 8.49. The first kappa shape index (κ1) is 14.8. The molecule has 116 valence electrons. The van der Waals surface area contributed by atoms with Crippen molar-refractivity contribution in [2.24, 2.45) is 0 Å². The van der Waals surface area contributed by atoms with Crippen LogP contribution >= 0.6 is 11.3 Å². The number of hydrogen-bond donors (Lipinski definition) is 1. The van der Waals surface area contributed by atoms with Gasteiger partial charge in [-0.1, -0.05) is 6.07 Å². The summed E-state index contributed by atoms with van der Waals surface area (Å²) in [6, 6.07) is 5.61. The second-order valence-corrected chi connectivity index (χ2v) is 6.29. The summed E-state index contributed by atoms with van der Waals surface area (Å²) in [6.45, 7) is 2.52. The van der Waals surface area contributed by atoms with Gasteiger partial charge in [-0.15, -0.1) is 11.3 Å². The Bertz CT molecular complexity index is 624. The van der Waals surface area contributed by atoms with E-state index < -0.39 is 0 Å². The van der Waals surface area contributed by atoms with Gasteiger partial charge in [-0.3, -0.25) is 14.7 Å². The first-order valence-corrected chi connectivity index (χ1v) is 8.21. The highest BCUT2D eigenvalue weighted by atomic mass is 32.1. The summed E-state index contributed by atoms with van der Waals surface area (Å²) in [7, 11) is 0. The molecule has 0 atom stereocenters. The molecule has 2 amide bonds. The normalized spacial score (nSPS) is 15.6. The molecule has 1 aliphatic rings. The van der Waals surface area contributed by atoms with Gasteiger partial charge in [0.15, 0.2) is 0 Å². The molecule has 0 aromatic carbocycles. The van der Waals surface area contributed by atoms with Gasteiger partial charge in [0.2, 0.25) is 5.91 Å². The quantitative estimate of drug-likeness (QED) is 0.930. The van der Waals surface area contributed by atoms with Crippen molar-refractivity contribution < 1.29 is 9.59 Å². The van der Waals surface area contributed by atoms with E-state index in [1.165, 1.54) is 0 Å².